The van der Waals surface area contributed by atoms with Gasteiger partial charge in [-0.25, -0.2) is 0 Å². The molecule has 0 radical (unpaired) electrons. The van der Waals surface area contributed by atoms with E-state index in [0.717, 1.165) is 11.1 Å². The molecule has 0 amide bonds. The number of halogens is 1. The summed E-state index contributed by atoms with van der Waals surface area (Å²) in [4.78, 5) is 0. The van der Waals surface area contributed by atoms with Gasteiger partial charge in [-0.1, -0.05) is 35.9 Å². The zero-order valence-electron chi connectivity index (χ0n) is 7.46. The smallest absolute Gasteiger partial charge is 0.158 e. The van der Waals surface area contributed by atoms with Gasteiger partial charge in [0.1, 0.15) is 0 Å². The standard InChI is InChI=1S/C10H12ClNO/c1-10(11)9(12)8-5-3-2-4-7(8)6-13-10/h2-5,9H,6,12H2,1H3. The highest BCUT2D eigenvalue weighted by Crippen LogP contribution is 2.37. The number of fused-ring (bicyclic) bond motifs is 1. The van der Waals surface area contributed by atoms with Gasteiger partial charge >= 0.3 is 0 Å². The number of hydrogen-bond acceptors (Lipinski definition) is 2. The van der Waals surface area contributed by atoms with E-state index in [2.05, 4.69) is 0 Å². The van der Waals surface area contributed by atoms with E-state index in [-0.39, 0.29) is 6.04 Å². The molecule has 0 spiro atoms. The molecule has 3 heteroatoms. The van der Waals surface area contributed by atoms with Crippen LogP contribution in [-0.2, 0) is 11.3 Å². The van der Waals surface area contributed by atoms with Crippen LogP contribution in [0.25, 0.3) is 0 Å². The summed E-state index contributed by atoms with van der Waals surface area (Å²) >= 11 is 6.10. The first kappa shape index (κ1) is 9.00. The second-order valence-electron chi connectivity index (χ2n) is 3.45. The maximum atomic E-state index is 6.10. The monoisotopic (exact) mass is 197 g/mol. The van der Waals surface area contributed by atoms with Gasteiger partial charge in [0.2, 0.25) is 0 Å². The first-order valence-corrected chi connectivity index (χ1v) is 4.65. The van der Waals surface area contributed by atoms with Crippen molar-refractivity contribution in [3.05, 3.63) is 35.4 Å². The maximum absolute atomic E-state index is 6.10. The van der Waals surface area contributed by atoms with Crippen molar-refractivity contribution >= 4 is 11.6 Å². The van der Waals surface area contributed by atoms with E-state index in [4.69, 9.17) is 22.1 Å². The number of rotatable bonds is 0. The number of alkyl halides is 1. The Kier molecular flexibility index (Phi) is 2.06. The number of nitrogens with two attached hydrogens (primary N) is 1. The zero-order valence-corrected chi connectivity index (χ0v) is 8.21. The molecule has 2 nitrogen and oxygen atoms in total. The summed E-state index contributed by atoms with van der Waals surface area (Å²) in [7, 11) is 0. The fraction of sp³-hybridized carbons (Fsp3) is 0.400. The molecule has 2 atom stereocenters. The summed E-state index contributed by atoms with van der Waals surface area (Å²) < 4.78 is 5.44. The lowest BCUT2D eigenvalue weighted by molar-refractivity contribution is -0.0120. The second kappa shape index (κ2) is 2.98. The average molecular weight is 198 g/mol. The second-order valence-corrected chi connectivity index (χ2v) is 4.20. The van der Waals surface area contributed by atoms with Crippen molar-refractivity contribution < 1.29 is 4.74 Å². The molecule has 1 aliphatic heterocycles. The Bertz CT molecular complexity index is 324. The predicted molar refractivity (Wildman–Crippen MR) is 52.4 cm³/mol. The largest absolute Gasteiger partial charge is 0.353 e. The van der Waals surface area contributed by atoms with Gasteiger partial charge in [0.25, 0.3) is 0 Å². The first-order valence-electron chi connectivity index (χ1n) is 4.27. The topological polar surface area (TPSA) is 35.2 Å². The molecule has 1 aromatic carbocycles. The molecule has 1 heterocycles. The fourth-order valence-corrected chi connectivity index (χ4v) is 1.73. The van der Waals surface area contributed by atoms with Crippen LogP contribution in [0.1, 0.15) is 24.1 Å². The van der Waals surface area contributed by atoms with Gasteiger partial charge < -0.3 is 10.5 Å². The highest BCUT2D eigenvalue weighted by molar-refractivity contribution is 6.23. The van der Waals surface area contributed by atoms with Crippen LogP contribution in [0.5, 0.6) is 0 Å². The first-order chi connectivity index (χ1) is 6.11. The normalized spacial score (nSPS) is 32.7. The third-order valence-corrected chi connectivity index (χ3v) is 2.80. The molecule has 13 heavy (non-hydrogen) atoms. The van der Waals surface area contributed by atoms with Crippen LogP contribution < -0.4 is 5.73 Å². The average Bonchev–Trinajstić information content (AvgIpc) is 2.13. The van der Waals surface area contributed by atoms with Gasteiger partial charge in [-0.05, 0) is 18.1 Å². The van der Waals surface area contributed by atoms with Crippen LogP contribution in [-0.4, -0.2) is 5.06 Å². The molecule has 2 unspecified atom stereocenters. The lowest BCUT2D eigenvalue weighted by Gasteiger charge is -2.35. The van der Waals surface area contributed by atoms with Crippen molar-refractivity contribution in [3.63, 3.8) is 0 Å². The van der Waals surface area contributed by atoms with Crippen LogP contribution in [0.4, 0.5) is 0 Å². The van der Waals surface area contributed by atoms with Crippen molar-refractivity contribution in [2.75, 3.05) is 0 Å². The molecule has 1 aliphatic rings. The van der Waals surface area contributed by atoms with E-state index >= 15 is 0 Å². The van der Waals surface area contributed by atoms with Crippen LogP contribution in [0.15, 0.2) is 24.3 Å². The Labute approximate surface area is 82.6 Å². The van der Waals surface area contributed by atoms with Crippen molar-refractivity contribution in [1.29, 1.82) is 0 Å². The summed E-state index contributed by atoms with van der Waals surface area (Å²) in [6, 6.07) is 7.71. The van der Waals surface area contributed by atoms with E-state index in [1.165, 1.54) is 0 Å². The highest BCUT2D eigenvalue weighted by atomic mass is 35.5. The van der Waals surface area contributed by atoms with Gasteiger partial charge in [-0.15, -0.1) is 0 Å². The molecule has 0 aliphatic carbocycles. The minimum Gasteiger partial charge on any atom is -0.353 e. The van der Waals surface area contributed by atoms with Crippen LogP contribution in [0, 0.1) is 0 Å². The summed E-state index contributed by atoms with van der Waals surface area (Å²) in [6.07, 6.45) is 0. The molecule has 2 N–H and O–H groups in total. The molecule has 0 aromatic heterocycles. The van der Waals surface area contributed by atoms with Gasteiger partial charge in [0, 0.05) is 0 Å². The van der Waals surface area contributed by atoms with E-state index < -0.39 is 5.06 Å². The van der Waals surface area contributed by atoms with Gasteiger partial charge in [-0.2, -0.15) is 0 Å². The van der Waals surface area contributed by atoms with Crippen molar-refractivity contribution in [1.82, 2.24) is 0 Å². The molecule has 70 valence electrons. The van der Waals surface area contributed by atoms with Crippen LogP contribution in [0.2, 0.25) is 0 Å². The van der Waals surface area contributed by atoms with E-state index in [9.17, 15) is 0 Å². The predicted octanol–water partition coefficient (Wildman–Crippen LogP) is 2.17. The number of benzene rings is 1. The summed E-state index contributed by atoms with van der Waals surface area (Å²) in [5, 5.41) is -0.769. The molecule has 0 fully saturated rings. The fourth-order valence-electron chi connectivity index (χ4n) is 1.56. The van der Waals surface area contributed by atoms with Crippen LogP contribution >= 0.6 is 11.6 Å². The Hall–Kier alpha value is -0.570. The van der Waals surface area contributed by atoms with E-state index in [1.54, 1.807) is 6.92 Å². The highest BCUT2D eigenvalue weighted by Gasteiger charge is 2.36. The lowest BCUT2D eigenvalue weighted by Crippen LogP contribution is -2.39. The zero-order chi connectivity index (χ0) is 9.47. The quantitative estimate of drug-likeness (QED) is 0.647. The Morgan fingerprint density at radius 1 is 1.54 bits per heavy atom. The minimum absolute atomic E-state index is 0.251. The molecule has 0 saturated heterocycles. The summed E-state index contributed by atoms with van der Waals surface area (Å²) in [5.41, 5.74) is 8.19. The van der Waals surface area contributed by atoms with Crippen molar-refractivity contribution in [2.45, 2.75) is 24.6 Å². The SMILES string of the molecule is CC1(Cl)OCc2ccccc2C1N. The number of ether oxygens (including phenoxy) is 1. The van der Waals surface area contributed by atoms with Crippen LogP contribution in [0.3, 0.4) is 0 Å². The molecule has 2 rings (SSSR count). The molecular formula is C10H12ClNO. The maximum Gasteiger partial charge on any atom is 0.158 e. The Morgan fingerprint density at radius 2 is 2.23 bits per heavy atom. The summed E-state index contributed by atoms with van der Waals surface area (Å²) in [5.74, 6) is 0. The number of hydrogen-bond donors (Lipinski definition) is 1. The third kappa shape index (κ3) is 1.46. The lowest BCUT2D eigenvalue weighted by atomic mass is 9.95. The molecule has 0 saturated carbocycles. The molecule has 0 bridgehead atoms. The van der Waals surface area contributed by atoms with Gasteiger partial charge in [0.15, 0.2) is 5.06 Å². The van der Waals surface area contributed by atoms with Gasteiger partial charge in [0.05, 0.1) is 12.6 Å². The van der Waals surface area contributed by atoms with Crippen molar-refractivity contribution in [2.24, 2.45) is 5.73 Å². The Morgan fingerprint density at radius 3 is 3.00 bits per heavy atom. The van der Waals surface area contributed by atoms with E-state index in [0.29, 0.717) is 6.61 Å². The summed E-state index contributed by atoms with van der Waals surface area (Å²) in [6.45, 7) is 2.35. The van der Waals surface area contributed by atoms with Crippen molar-refractivity contribution in [3.8, 4) is 0 Å². The Balaban J connectivity index is 2.45. The minimum atomic E-state index is -0.769. The van der Waals surface area contributed by atoms with Gasteiger partial charge in [-0.3, -0.25) is 0 Å². The van der Waals surface area contributed by atoms with E-state index in [1.807, 2.05) is 24.3 Å². The molecular weight excluding hydrogens is 186 g/mol. The molecule has 1 aromatic rings. The third-order valence-electron chi connectivity index (χ3n) is 2.46.